The summed E-state index contributed by atoms with van der Waals surface area (Å²) in [5, 5.41) is 3.14. The number of carbonyl (C=O) groups is 1. The van der Waals surface area contributed by atoms with Crippen molar-refractivity contribution >= 4 is 47.2 Å². The van der Waals surface area contributed by atoms with Crippen molar-refractivity contribution in [1.82, 2.24) is 9.88 Å². The van der Waals surface area contributed by atoms with Crippen molar-refractivity contribution in [3.05, 3.63) is 11.1 Å². The number of aromatic nitrogens is 1. The van der Waals surface area contributed by atoms with Gasteiger partial charge in [-0.2, -0.15) is 0 Å². The van der Waals surface area contributed by atoms with E-state index in [0.29, 0.717) is 0 Å². The van der Waals surface area contributed by atoms with E-state index in [4.69, 9.17) is 5.73 Å². The van der Waals surface area contributed by atoms with E-state index < -0.39 is 5.54 Å². The molecular formula is C14H24Cl2N4OS. The minimum absolute atomic E-state index is 0. The second-order valence-corrected chi connectivity index (χ2v) is 6.75. The van der Waals surface area contributed by atoms with E-state index in [9.17, 15) is 4.79 Å². The van der Waals surface area contributed by atoms with Gasteiger partial charge in [-0.25, -0.2) is 4.98 Å². The van der Waals surface area contributed by atoms with Crippen LogP contribution in [-0.4, -0.2) is 47.5 Å². The summed E-state index contributed by atoms with van der Waals surface area (Å²) in [4.78, 5) is 21.3. The van der Waals surface area contributed by atoms with Crippen LogP contribution in [0.1, 0.15) is 31.4 Å². The Hall–Kier alpha value is -0.560. The zero-order valence-corrected chi connectivity index (χ0v) is 15.2. The van der Waals surface area contributed by atoms with E-state index in [1.807, 2.05) is 11.8 Å². The summed E-state index contributed by atoms with van der Waals surface area (Å²) in [6.07, 6.45) is 3.86. The number of rotatable bonds is 2. The number of nitrogens with two attached hydrogens (primary N) is 1. The molecule has 1 aromatic heterocycles. The number of amides is 1. The number of anilines is 1. The van der Waals surface area contributed by atoms with Crippen LogP contribution >= 0.6 is 36.2 Å². The first-order valence-corrected chi connectivity index (χ1v) is 8.22. The molecule has 0 spiro atoms. The first kappa shape index (κ1) is 19.5. The van der Waals surface area contributed by atoms with Gasteiger partial charge in [-0.15, -0.1) is 36.2 Å². The van der Waals surface area contributed by atoms with Crippen molar-refractivity contribution in [3.8, 4) is 0 Å². The molecule has 1 saturated carbocycles. The normalized spacial score (nSPS) is 20.3. The lowest BCUT2D eigenvalue weighted by molar-refractivity contribution is -0.137. The van der Waals surface area contributed by atoms with E-state index in [1.54, 1.807) is 11.3 Å². The van der Waals surface area contributed by atoms with Gasteiger partial charge in [-0.05, 0) is 19.8 Å². The maximum atomic E-state index is 12.5. The third-order valence-electron chi connectivity index (χ3n) is 4.37. The van der Waals surface area contributed by atoms with Crippen LogP contribution in [-0.2, 0) is 4.79 Å². The average Bonchev–Trinajstić information content (AvgIpc) is 3.08. The molecule has 2 N–H and O–H groups in total. The number of hydrogen-bond acceptors (Lipinski definition) is 5. The molecule has 1 aliphatic heterocycles. The summed E-state index contributed by atoms with van der Waals surface area (Å²) < 4.78 is 0. The van der Waals surface area contributed by atoms with Gasteiger partial charge in [0.25, 0.3) is 0 Å². The van der Waals surface area contributed by atoms with E-state index in [2.05, 4.69) is 15.3 Å². The number of aryl methyl sites for hydroxylation is 1. The van der Waals surface area contributed by atoms with E-state index >= 15 is 0 Å². The van der Waals surface area contributed by atoms with Crippen LogP contribution in [0.4, 0.5) is 5.13 Å². The molecule has 0 bridgehead atoms. The molecule has 2 fully saturated rings. The Balaban J connectivity index is 0.00000121. The van der Waals surface area contributed by atoms with Gasteiger partial charge in [0.1, 0.15) is 0 Å². The first-order valence-electron chi connectivity index (χ1n) is 7.34. The molecule has 5 nitrogen and oxygen atoms in total. The Labute approximate surface area is 148 Å². The Morgan fingerprint density at radius 2 is 1.82 bits per heavy atom. The summed E-state index contributed by atoms with van der Waals surface area (Å²) in [5.74, 6) is 0.157. The largest absolute Gasteiger partial charge is 0.345 e. The average molecular weight is 367 g/mol. The smallest absolute Gasteiger partial charge is 0.242 e. The van der Waals surface area contributed by atoms with Gasteiger partial charge in [-0.1, -0.05) is 12.8 Å². The fourth-order valence-corrected chi connectivity index (χ4v) is 3.98. The number of thiazole rings is 1. The SMILES string of the molecule is Cc1csc(N2CCN(C(=O)C3(N)CCCC3)CC2)n1.Cl.Cl. The highest BCUT2D eigenvalue weighted by atomic mass is 35.5. The number of piperazine rings is 1. The highest BCUT2D eigenvalue weighted by Crippen LogP contribution is 2.30. The van der Waals surface area contributed by atoms with Crippen molar-refractivity contribution in [2.75, 3.05) is 31.1 Å². The lowest BCUT2D eigenvalue weighted by Crippen LogP contribution is -2.58. The maximum Gasteiger partial charge on any atom is 0.242 e. The fraction of sp³-hybridized carbons (Fsp3) is 0.714. The van der Waals surface area contributed by atoms with Gasteiger partial charge in [0.15, 0.2) is 5.13 Å². The summed E-state index contributed by atoms with van der Waals surface area (Å²) in [5.41, 5.74) is 6.75. The van der Waals surface area contributed by atoms with Crippen molar-refractivity contribution in [1.29, 1.82) is 0 Å². The molecule has 0 aromatic carbocycles. The number of nitrogens with zero attached hydrogens (tertiary/aromatic N) is 3. The van der Waals surface area contributed by atoms with Gasteiger partial charge in [0.05, 0.1) is 11.2 Å². The molecule has 0 radical (unpaired) electrons. The Morgan fingerprint density at radius 3 is 2.32 bits per heavy atom. The van der Waals surface area contributed by atoms with Crippen LogP contribution in [0.3, 0.4) is 0 Å². The molecular weight excluding hydrogens is 343 g/mol. The lowest BCUT2D eigenvalue weighted by atomic mass is 9.97. The predicted octanol–water partition coefficient (Wildman–Crippen LogP) is 2.22. The molecule has 1 aliphatic carbocycles. The highest BCUT2D eigenvalue weighted by Gasteiger charge is 2.40. The van der Waals surface area contributed by atoms with Crippen LogP contribution in [0.15, 0.2) is 5.38 Å². The van der Waals surface area contributed by atoms with Crippen LogP contribution in [0.5, 0.6) is 0 Å². The van der Waals surface area contributed by atoms with Crippen molar-refractivity contribution in [3.63, 3.8) is 0 Å². The van der Waals surface area contributed by atoms with Crippen LogP contribution < -0.4 is 10.6 Å². The van der Waals surface area contributed by atoms with E-state index in [-0.39, 0.29) is 30.7 Å². The van der Waals surface area contributed by atoms with Gasteiger partial charge < -0.3 is 15.5 Å². The topological polar surface area (TPSA) is 62.5 Å². The second kappa shape index (κ2) is 7.81. The van der Waals surface area contributed by atoms with E-state index in [1.165, 1.54) is 0 Å². The molecule has 1 aromatic rings. The molecule has 0 unspecified atom stereocenters. The van der Waals surface area contributed by atoms with Crippen molar-refractivity contribution in [2.24, 2.45) is 5.73 Å². The molecule has 2 aliphatic rings. The van der Waals surface area contributed by atoms with E-state index in [0.717, 1.165) is 62.7 Å². The molecule has 22 heavy (non-hydrogen) atoms. The minimum atomic E-state index is -0.583. The van der Waals surface area contributed by atoms with Gasteiger partial charge in [0, 0.05) is 31.6 Å². The lowest BCUT2D eigenvalue weighted by Gasteiger charge is -2.38. The molecule has 0 atom stereocenters. The Kier molecular flexibility index (Phi) is 6.92. The summed E-state index contributed by atoms with van der Waals surface area (Å²) in [6, 6.07) is 0. The highest BCUT2D eigenvalue weighted by molar-refractivity contribution is 7.13. The molecule has 3 rings (SSSR count). The number of hydrogen-bond donors (Lipinski definition) is 1. The minimum Gasteiger partial charge on any atom is -0.345 e. The quantitative estimate of drug-likeness (QED) is 0.871. The number of carbonyl (C=O) groups excluding carboxylic acids is 1. The van der Waals surface area contributed by atoms with Crippen LogP contribution in [0, 0.1) is 6.92 Å². The standard InChI is InChI=1S/C14H22N4OS.2ClH/c1-11-10-20-13(16-11)18-8-6-17(7-9-18)12(19)14(15)4-2-3-5-14;;/h10H,2-9,15H2,1H3;2*1H. The second-order valence-electron chi connectivity index (χ2n) is 5.91. The number of halogens is 2. The zero-order chi connectivity index (χ0) is 14.2. The third-order valence-corrected chi connectivity index (χ3v) is 5.39. The van der Waals surface area contributed by atoms with Crippen LogP contribution in [0.25, 0.3) is 0 Å². The predicted molar refractivity (Wildman–Crippen MR) is 95.5 cm³/mol. The molecule has 126 valence electrons. The van der Waals surface area contributed by atoms with Crippen molar-refractivity contribution < 1.29 is 4.79 Å². The zero-order valence-electron chi connectivity index (χ0n) is 12.8. The fourth-order valence-electron chi connectivity index (χ4n) is 3.12. The first-order chi connectivity index (χ1) is 9.58. The Bertz CT molecular complexity index is 497. The van der Waals surface area contributed by atoms with Gasteiger partial charge in [0.2, 0.25) is 5.91 Å². The van der Waals surface area contributed by atoms with Gasteiger partial charge >= 0.3 is 0 Å². The van der Waals surface area contributed by atoms with Gasteiger partial charge in [-0.3, -0.25) is 4.79 Å². The summed E-state index contributed by atoms with van der Waals surface area (Å²) >= 11 is 1.68. The molecule has 8 heteroatoms. The monoisotopic (exact) mass is 366 g/mol. The van der Waals surface area contributed by atoms with Crippen LogP contribution in [0.2, 0.25) is 0 Å². The Morgan fingerprint density at radius 1 is 1.23 bits per heavy atom. The molecule has 1 amide bonds. The third kappa shape index (κ3) is 3.85. The van der Waals surface area contributed by atoms with Crippen molar-refractivity contribution in [2.45, 2.75) is 38.1 Å². The summed E-state index contributed by atoms with van der Waals surface area (Å²) in [7, 11) is 0. The molecule has 2 heterocycles. The summed E-state index contributed by atoms with van der Waals surface area (Å²) in [6.45, 7) is 5.24. The maximum absolute atomic E-state index is 12.5. The molecule has 1 saturated heterocycles.